The maximum Gasteiger partial charge on any atom is 0.223 e. The zero-order valence-electron chi connectivity index (χ0n) is 14.2. The number of nitrogens with one attached hydrogen (secondary N) is 1. The van der Waals surface area contributed by atoms with Gasteiger partial charge in [0.25, 0.3) is 0 Å². The van der Waals surface area contributed by atoms with Crippen molar-refractivity contribution in [3.8, 4) is 5.75 Å². The number of amides is 1. The average Bonchev–Trinajstić information content (AvgIpc) is 3.03. The van der Waals surface area contributed by atoms with E-state index in [9.17, 15) is 4.79 Å². The molecule has 1 aromatic heterocycles. The van der Waals surface area contributed by atoms with E-state index in [1.54, 1.807) is 20.4 Å². The molecule has 0 fully saturated rings. The molecule has 2 aromatic rings. The lowest BCUT2D eigenvalue weighted by Crippen LogP contribution is -2.35. The van der Waals surface area contributed by atoms with Gasteiger partial charge in [-0.15, -0.1) is 0 Å². The van der Waals surface area contributed by atoms with Crippen LogP contribution in [0.5, 0.6) is 5.75 Å². The van der Waals surface area contributed by atoms with Crippen molar-refractivity contribution in [3.63, 3.8) is 0 Å². The molecule has 130 valence electrons. The molecule has 24 heavy (non-hydrogen) atoms. The minimum Gasteiger partial charge on any atom is -0.497 e. The Labute approximate surface area is 141 Å². The number of imidazole rings is 1. The first-order valence-electron chi connectivity index (χ1n) is 7.72. The van der Waals surface area contributed by atoms with Gasteiger partial charge in [0.2, 0.25) is 5.91 Å². The molecule has 0 aliphatic carbocycles. The molecule has 0 saturated carbocycles. The Bertz CT molecular complexity index is 650. The normalized spacial score (nSPS) is 13.3. The fourth-order valence-electron chi connectivity index (χ4n) is 2.44. The summed E-state index contributed by atoms with van der Waals surface area (Å²) >= 11 is 0. The van der Waals surface area contributed by atoms with Crippen molar-refractivity contribution in [2.45, 2.75) is 18.6 Å². The molecule has 0 aliphatic rings. The number of aromatic nitrogens is 2. The third-order valence-electron chi connectivity index (χ3n) is 3.88. The van der Waals surface area contributed by atoms with Gasteiger partial charge in [0.15, 0.2) is 0 Å². The summed E-state index contributed by atoms with van der Waals surface area (Å²) in [6.07, 6.45) is 3.44. The van der Waals surface area contributed by atoms with E-state index in [4.69, 9.17) is 15.2 Å². The maximum atomic E-state index is 12.4. The van der Waals surface area contributed by atoms with Gasteiger partial charge < -0.3 is 25.1 Å². The fourth-order valence-corrected chi connectivity index (χ4v) is 2.44. The number of aryl methyl sites for hydroxylation is 1. The third-order valence-corrected chi connectivity index (χ3v) is 3.88. The Hall–Kier alpha value is -2.38. The first kappa shape index (κ1) is 18.0. The highest BCUT2D eigenvalue weighted by Gasteiger charge is 2.22. The minimum absolute atomic E-state index is 0.142. The zero-order valence-corrected chi connectivity index (χ0v) is 14.2. The second kappa shape index (κ2) is 8.47. The monoisotopic (exact) mass is 332 g/mol. The van der Waals surface area contributed by atoms with Gasteiger partial charge in [0.1, 0.15) is 17.6 Å². The summed E-state index contributed by atoms with van der Waals surface area (Å²) in [5, 5.41) is 3.01. The molecule has 2 rings (SSSR count). The summed E-state index contributed by atoms with van der Waals surface area (Å²) in [4.78, 5) is 16.7. The van der Waals surface area contributed by atoms with Crippen LogP contribution in [0.2, 0.25) is 0 Å². The van der Waals surface area contributed by atoms with E-state index in [-0.39, 0.29) is 24.5 Å². The molecular formula is C17H24N4O3. The first-order valence-corrected chi connectivity index (χ1v) is 7.72. The van der Waals surface area contributed by atoms with E-state index in [0.717, 1.165) is 17.1 Å². The van der Waals surface area contributed by atoms with Gasteiger partial charge in [-0.3, -0.25) is 4.79 Å². The molecule has 1 amide bonds. The SMILES string of the molecule is COc1ccc(C(NC(=O)CC(CN)OC)c2nccn2C)cc1. The summed E-state index contributed by atoms with van der Waals surface area (Å²) in [6, 6.07) is 7.17. The van der Waals surface area contributed by atoms with Crippen molar-refractivity contribution in [1.82, 2.24) is 14.9 Å². The molecule has 2 atom stereocenters. The number of rotatable bonds is 8. The molecule has 0 spiro atoms. The van der Waals surface area contributed by atoms with Gasteiger partial charge in [0, 0.05) is 33.1 Å². The van der Waals surface area contributed by atoms with Crippen LogP contribution < -0.4 is 15.8 Å². The minimum atomic E-state index is -0.362. The second-order valence-corrected chi connectivity index (χ2v) is 5.47. The molecule has 0 bridgehead atoms. The molecule has 0 aliphatic heterocycles. The molecule has 7 nitrogen and oxygen atoms in total. The van der Waals surface area contributed by atoms with Gasteiger partial charge >= 0.3 is 0 Å². The first-order chi connectivity index (χ1) is 11.6. The second-order valence-electron chi connectivity index (χ2n) is 5.47. The number of nitrogens with two attached hydrogens (primary N) is 1. The summed E-state index contributed by atoms with van der Waals surface area (Å²) < 4.78 is 12.2. The number of carbonyl (C=O) groups excluding carboxylic acids is 1. The van der Waals surface area contributed by atoms with Crippen molar-refractivity contribution >= 4 is 5.91 Å². The Morgan fingerprint density at radius 2 is 2.04 bits per heavy atom. The Balaban J connectivity index is 2.23. The zero-order chi connectivity index (χ0) is 17.5. The van der Waals surface area contributed by atoms with Gasteiger partial charge in [-0.25, -0.2) is 4.98 Å². The lowest BCUT2D eigenvalue weighted by atomic mass is 10.1. The lowest BCUT2D eigenvalue weighted by molar-refractivity contribution is -0.123. The number of methoxy groups -OCH3 is 2. The van der Waals surface area contributed by atoms with E-state index >= 15 is 0 Å². The lowest BCUT2D eigenvalue weighted by Gasteiger charge is -2.21. The Kier molecular flexibility index (Phi) is 6.34. The number of ether oxygens (including phenoxy) is 2. The van der Waals surface area contributed by atoms with E-state index in [1.807, 2.05) is 42.1 Å². The summed E-state index contributed by atoms with van der Waals surface area (Å²) in [5.41, 5.74) is 6.51. The van der Waals surface area contributed by atoms with Crippen molar-refractivity contribution < 1.29 is 14.3 Å². The van der Waals surface area contributed by atoms with Crippen LogP contribution in [0.25, 0.3) is 0 Å². The average molecular weight is 332 g/mol. The van der Waals surface area contributed by atoms with Crippen LogP contribution in [0.3, 0.4) is 0 Å². The standard InChI is InChI=1S/C17H24N4O3/c1-21-9-8-19-17(21)16(12-4-6-13(23-2)7-5-12)20-15(22)10-14(11-18)24-3/h4-9,14,16H,10-11,18H2,1-3H3,(H,20,22). The number of hydrogen-bond acceptors (Lipinski definition) is 5. The summed E-state index contributed by atoms with van der Waals surface area (Å²) in [5.74, 6) is 1.36. The Morgan fingerprint density at radius 3 is 2.54 bits per heavy atom. The summed E-state index contributed by atoms with van der Waals surface area (Å²) in [7, 11) is 5.05. The smallest absolute Gasteiger partial charge is 0.223 e. The molecular weight excluding hydrogens is 308 g/mol. The van der Waals surface area contributed by atoms with Crippen molar-refractivity contribution in [3.05, 3.63) is 48.0 Å². The van der Waals surface area contributed by atoms with Gasteiger partial charge in [-0.1, -0.05) is 12.1 Å². The van der Waals surface area contributed by atoms with Crippen molar-refractivity contribution in [2.75, 3.05) is 20.8 Å². The number of carbonyl (C=O) groups is 1. The molecule has 7 heteroatoms. The van der Waals surface area contributed by atoms with Gasteiger partial charge in [-0.05, 0) is 17.7 Å². The predicted molar refractivity (Wildman–Crippen MR) is 90.7 cm³/mol. The molecule has 0 radical (unpaired) electrons. The number of hydrogen-bond donors (Lipinski definition) is 2. The van der Waals surface area contributed by atoms with Crippen LogP contribution in [-0.4, -0.2) is 42.3 Å². The van der Waals surface area contributed by atoms with Crippen LogP contribution in [0, 0.1) is 0 Å². The van der Waals surface area contributed by atoms with E-state index < -0.39 is 0 Å². The van der Waals surface area contributed by atoms with Crippen molar-refractivity contribution in [1.29, 1.82) is 0 Å². The highest BCUT2D eigenvalue weighted by atomic mass is 16.5. The fraction of sp³-hybridized carbons (Fsp3) is 0.412. The maximum absolute atomic E-state index is 12.4. The quantitative estimate of drug-likeness (QED) is 0.752. The van der Waals surface area contributed by atoms with Crippen LogP contribution in [0.15, 0.2) is 36.7 Å². The van der Waals surface area contributed by atoms with Crippen molar-refractivity contribution in [2.24, 2.45) is 12.8 Å². The van der Waals surface area contributed by atoms with Crippen LogP contribution in [0.1, 0.15) is 23.9 Å². The third kappa shape index (κ3) is 4.33. The highest BCUT2D eigenvalue weighted by Crippen LogP contribution is 2.23. The molecule has 2 unspecified atom stereocenters. The number of nitrogens with zero attached hydrogens (tertiary/aromatic N) is 2. The molecule has 3 N–H and O–H groups in total. The van der Waals surface area contributed by atoms with E-state index in [2.05, 4.69) is 10.3 Å². The van der Waals surface area contributed by atoms with Gasteiger partial charge in [-0.2, -0.15) is 0 Å². The van der Waals surface area contributed by atoms with Gasteiger partial charge in [0.05, 0.1) is 19.6 Å². The number of benzene rings is 1. The van der Waals surface area contributed by atoms with Crippen LogP contribution in [0.4, 0.5) is 0 Å². The molecule has 1 heterocycles. The van der Waals surface area contributed by atoms with E-state index in [0.29, 0.717) is 6.54 Å². The Morgan fingerprint density at radius 1 is 1.33 bits per heavy atom. The van der Waals surface area contributed by atoms with E-state index in [1.165, 1.54) is 0 Å². The highest BCUT2D eigenvalue weighted by molar-refractivity contribution is 5.77. The molecule has 1 aromatic carbocycles. The predicted octanol–water partition coefficient (Wildman–Crippen LogP) is 0.998. The molecule has 0 saturated heterocycles. The largest absolute Gasteiger partial charge is 0.497 e. The van der Waals surface area contributed by atoms with Crippen LogP contribution in [-0.2, 0) is 16.6 Å². The van der Waals surface area contributed by atoms with Crippen LogP contribution >= 0.6 is 0 Å². The topological polar surface area (TPSA) is 91.4 Å². The summed E-state index contributed by atoms with van der Waals surface area (Å²) in [6.45, 7) is 0.291.